The summed E-state index contributed by atoms with van der Waals surface area (Å²) in [6.07, 6.45) is 3.48. The van der Waals surface area contributed by atoms with Crippen molar-refractivity contribution in [2.45, 2.75) is 33.2 Å². The minimum Gasteiger partial charge on any atom is -0.374 e. The molecule has 1 aromatic heterocycles. The molecular formula is C13H21BrN4O2. The molecule has 0 aliphatic carbocycles. The summed E-state index contributed by atoms with van der Waals surface area (Å²) in [7, 11) is 1.74. The van der Waals surface area contributed by atoms with Gasteiger partial charge >= 0.3 is 0 Å². The lowest BCUT2D eigenvalue weighted by Crippen LogP contribution is -2.32. The molecule has 0 aliphatic rings. The van der Waals surface area contributed by atoms with Crippen LogP contribution in [0.4, 0.5) is 5.69 Å². The molecule has 0 unspecified atom stereocenters. The van der Waals surface area contributed by atoms with E-state index in [0.29, 0.717) is 23.2 Å². The third-order valence-corrected chi connectivity index (χ3v) is 3.80. The Hall–Kier alpha value is -1.37. The first-order chi connectivity index (χ1) is 9.51. The van der Waals surface area contributed by atoms with Crippen LogP contribution in [-0.4, -0.2) is 40.7 Å². The molecular weight excluding hydrogens is 324 g/mol. The van der Waals surface area contributed by atoms with Crippen LogP contribution in [-0.2, 0) is 11.3 Å². The topological polar surface area (TPSA) is 67.2 Å². The van der Waals surface area contributed by atoms with Gasteiger partial charge in [-0.05, 0) is 29.3 Å². The van der Waals surface area contributed by atoms with E-state index in [2.05, 4.69) is 33.3 Å². The summed E-state index contributed by atoms with van der Waals surface area (Å²) in [5, 5.41) is 7.04. The fourth-order valence-electron chi connectivity index (χ4n) is 1.54. The Morgan fingerprint density at radius 3 is 2.80 bits per heavy atom. The Kier molecular flexibility index (Phi) is 6.70. The number of unbranched alkanes of at least 4 members (excludes halogenated alkanes) is 1. The molecule has 1 amide bonds. The van der Waals surface area contributed by atoms with Crippen molar-refractivity contribution in [2.75, 3.05) is 25.5 Å². The first-order valence-corrected chi connectivity index (χ1v) is 7.54. The van der Waals surface area contributed by atoms with Gasteiger partial charge in [-0.3, -0.25) is 9.59 Å². The third kappa shape index (κ3) is 4.33. The largest absolute Gasteiger partial charge is 0.374 e. The van der Waals surface area contributed by atoms with Crippen molar-refractivity contribution in [1.82, 2.24) is 14.7 Å². The number of aryl methyl sites for hydroxylation is 1. The van der Waals surface area contributed by atoms with E-state index < -0.39 is 0 Å². The Bertz CT molecular complexity index is 516. The maximum absolute atomic E-state index is 12.0. The maximum Gasteiger partial charge on any atom is 0.283 e. The molecule has 1 aromatic rings. The van der Waals surface area contributed by atoms with Gasteiger partial charge in [0.05, 0.1) is 18.4 Å². The lowest BCUT2D eigenvalue weighted by atomic mass is 10.3. The smallest absolute Gasteiger partial charge is 0.283 e. The minimum atomic E-state index is -0.181. The number of anilines is 1. The van der Waals surface area contributed by atoms with Gasteiger partial charge in [0, 0.05) is 20.1 Å². The van der Waals surface area contributed by atoms with E-state index in [4.69, 9.17) is 0 Å². The van der Waals surface area contributed by atoms with Gasteiger partial charge < -0.3 is 10.2 Å². The highest BCUT2D eigenvalue weighted by atomic mass is 79.9. The maximum atomic E-state index is 12.0. The van der Waals surface area contributed by atoms with E-state index in [1.165, 1.54) is 4.68 Å². The van der Waals surface area contributed by atoms with Gasteiger partial charge in [-0.2, -0.15) is 5.10 Å². The lowest BCUT2D eigenvalue weighted by Gasteiger charge is -2.15. The molecule has 0 saturated carbocycles. The molecule has 0 bridgehead atoms. The normalized spacial score (nSPS) is 10.4. The summed E-state index contributed by atoms with van der Waals surface area (Å²) in [5.41, 5.74) is 0.361. The number of nitrogens with zero attached hydrogens (tertiary/aromatic N) is 3. The SMILES string of the molecule is CCCCn1ncc(NCC(=O)N(C)CC)c(Br)c1=O. The Morgan fingerprint density at radius 1 is 1.50 bits per heavy atom. The van der Waals surface area contributed by atoms with Crippen LogP contribution in [0.2, 0.25) is 0 Å². The van der Waals surface area contributed by atoms with E-state index in [9.17, 15) is 9.59 Å². The molecule has 6 nitrogen and oxygen atoms in total. The highest BCUT2D eigenvalue weighted by molar-refractivity contribution is 9.10. The van der Waals surface area contributed by atoms with Gasteiger partial charge in [-0.25, -0.2) is 4.68 Å². The van der Waals surface area contributed by atoms with Crippen molar-refractivity contribution >= 4 is 27.5 Å². The molecule has 1 rings (SSSR count). The molecule has 0 aliphatic heterocycles. The molecule has 0 atom stereocenters. The molecule has 1 N–H and O–H groups in total. The summed E-state index contributed by atoms with van der Waals surface area (Å²) in [5.74, 6) is -0.0328. The van der Waals surface area contributed by atoms with Crippen LogP contribution in [0.1, 0.15) is 26.7 Å². The zero-order chi connectivity index (χ0) is 15.1. The quantitative estimate of drug-likeness (QED) is 0.817. The van der Waals surface area contributed by atoms with Crippen LogP contribution in [0.5, 0.6) is 0 Å². The predicted molar refractivity (Wildman–Crippen MR) is 82.9 cm³/mol. The van der Waals surface area contributed by atoms with E-state index in [1.807, 2.05) is 6.92 Å². The Morgan fingerprint density at radius 2 is 2.20 bits per heavy atom. The van der Waals surface area contributed by atoms with Crippen LogP contribution in [0.25, 0.3) is 0 Å². The fourth-order valence-corrected chi connectivity index (χ4v) is 1.98. The van der Waals surface area contributed by atoms with Gasteiger partial charge in [0.15, 0.2) is 0 Å². The minimum absolute atomic E-state index is 0.0328. The first-order valence-electron chi connectivity index (χ1n) is 6.74. The predicted octanol–water partition coefficient (Wildman–Crippen LogP) is 1.70. The number of carbonyl (C=O) groups excluding carboxylic acids is 1. The molecule has 112 valence electrons. The molecule has 7 heteroatoms. The Balaban J connectivity index is 2.75. The lowest BCUT2D eigenvalue weighted by molar-refractivity contribution is -0.127. The standard InChI is InChI=1S/C13H21BrN4O2/c1-4-6-7-18-13(20)12(14)10(8-16-18)15-9-11(19)17(3)5-2/h8,15H,4-7,9H2,1-3H3. The molecule has 0 spiro atoms. The van der Waals surface area contributed by atoms with E-state index in [1.54, 1.807) is 18.1 Å². The molecule has 0 radical (unpaired) electrons. The number of likely N-dealkylation sites (N-methyl/N-ethyl adjacent to an activating group) is 1. The van der Waals surface area contributed by atoms with E-state index in [-0.39, 0.29) is 18.0 Å². The van der Waals surface area contributed by atoms with Crippen molar-refractivity contribution in [2.24, 2.45) is 0 Å². The number of hydrogen-bond acceptors (Lipinski definition) is 4. The van der Waals surface area contributed by atoms with Gasteiger partial charge in [0.2, 0.25) is 5.91 Å². The van der Waals surface area contributed by atoms with Gasteiger partial charge in [-0.15, -0.1) is 0 Å². The van der Waals surface area contributed by atoms with Gasteiger partial charge in [-0.1, -0.05) is 13.3 Å². The first kappa shape index (κ1) is 16.7. The fraction of sp³-hybridized carbons (Fsp3) is 0.615. The van der Waals surface area contributed by atoms with Crippen LogP contribution in [0.3, 0.4) is 0 Å². The van der Waals surface area contributed by atoms with Crippen LogP contribution in [0, 0.1) is 0 Å². The van der Waals surface area contributed by atoms with Crippen LogP contribution >= 0.6 is 15.9 Å². The van der Waals surface area contributed by atoms with Crippen molar-refractivity contribution in [3.8, 4) is 0 Å². The van der Waals surface area contributed by atoms with Gasteiger partial charge in [0.1, 0.15) is 4.47 Å². The second kappa shape index (κ2) is 8.04. The summed E-state index contributed by atoms with van der Waals surface area (Å²) >= 11 is 3.27. The van der Waals surface area contributed by atoms with E-state index in [0.717, 1.165) is 12.8 Å². The van der Waals surface area contributed by atoms with Crippen LogP contribution in [0.15, 0.2) is 15.5 Å². The van der Waals surface area contributed by atoms with Crippen molar-refractivity contribution in [3.63, 3.8) is 0 Å². The number of hydrogen-bond donors (Lipinski definition) is 1. The molecule has 1 heterocycles. The second-order valence-electron chi connectivity index (χ2n) is 4.52. The summed E-state index contributed by atoms with van der Waals surface area (Å²) < 4.78 is 1.84. The zero-order valence-electron chi connectivity index (χ0n) is 12.1. The number of amides is 1. The highest BCUT2D eigenvalue weighted by Crippen LogP contribution is 2.15. The third-order valence-electron chi connectivity index (χ3n) is 3.04. The molecule has 0 aromatic carbocycles. The number of rotatable bonds is 7. The second-order valence-corrected chi connectivity index (χ2v) is 5.31. The molecule has 0 saturated heterocycles. The average molecular weight is 345 g/mol. The van der Waals surface area contributed by atoms with Crippen molar-refractivity contribution in [1.29, 1.82) is 0 Å². The summed E-state index contributed by atoms with van der Waals surface area (Å²) in [4.78, 5) is 25.4. The van der Waals surface area contributed by atoms with E-state index >= 15 is 0 Å². The molecule has 20 heavy (non-hydrogen) atoms. The summed E-state index contributed by atoms with van der Waals surface area (Å²) in [6.45, 7) is 5.36. The van der Waals surface area contributed by atoms with Crippen molar-refractivity contribution < 1.29 is 4.79 Å². The number of nitrogens with one attached hydrogen (secondary N) is 1. The summed E-state index contributed by atoms with van der Waals surface area (Å²) in [6, 6.07) is 0. The number of aromatic nitrogens is 2. The number of halogens is 1. The monoisotopic (exact) mass is 344 g/mol. The van der Waals surface area contributed by atoms with Crippen molar-refractivity contribution in [3.05, 3.63) is 21.0 Å². The highest BCUT2D eigenvalue weighted by Gasteiger charge is 2.11. The van der Waals surface area contributed by atoms with Crippen LogP contribution < -0.4 is 10.9 Å². The Labute approximate surface area is 127 Å². The average Bonchev–Trinajstić information content (AvgIpc) is 2.46. The molecule has 0 fully saturated rings. The number of carbonyl (C=O) groups is 1. The zero-order valence-corrected chi connectivity index (χ0v) is 13.7. The van der Waals surface area contributed by atoms with Gasteiger partial charge in [0.25, 0.3) is 5.56 Å².